The zero-order valence-electron chi connectivity index (χ0n) is 12.4. The van der Waals surface area contributed by atoms with Crippen LogP contribution in [-0.4, -0.2) is 40.2 Å². The maximum Gasteiger partial charge on any atom is 0.404 e. The van der Waals surface area contributed by atoms with Gasteiger partial charge in [0.1, 0.15) is 17.7 Å². The van der Waals surface area contributed by atoms with Gasteiger partial charge in [0, 0.05) is 30.5 Å². The molecule has 1 amide bonds. The van der Waals surface area contributed by atoms with Crippen molar-refractivity contribution in [3.8, 4) is 0 Å². The Hall–Kier alpha value is -2.97. The minimum absolute atomic E-state index is 0.0158. The number of aromatic nitrogens is 2. The summed E-state index contributed by atoms with van der Waals surface area (Å²) in [6.45, 7) is 2.86. The van der Waals surface area contributed by atoms with E-state index < -0.39 is 11.0 Å². The lowest BCUT2D eigenvalue weighted by molar-refractivity contribution is -0.384. The number of anilines is 1. The number of nitrogens with two attached hydrogens (primary N) is 1. The van der Waals surface area contributed by atoms with Crippen LogP contribution in [0.4, 0.5) is 16.3 Å². The number of aryl methyl sites for hydroxylation is 1. The largest absolute Gasteiger partial charge is 0.444 e. The predicted molar refractivity (Wildman–Crippen MR) is 82.2 cm³/mol. The Bertz CT molecular complexity index is 794. The number of hydrogen-bond acceptors (Lipinski definition) is 7. The fourth-order valence-corrected chi connectivity index (χ4v) is 2.75. The number of amides is 1. The second-order valence-electron chi connectivity index (χ2n) is 5.35. The molecule has 1 saturated heterocycles. The van der Waals surface area contributed by atoms with Crippen molar-refractivity contribution < 1.29 is 14.5 Å². The first-order valence-corrected chi connectivity index (χ1v) is 7.08. The molecular formula is C14H15N5O4. The SMILES string of the molecule is Cc1nc(N2CCC(OC(N)=O)C2)c2ccc([N+](=O)[O-])cc2n1. The Kier molecular flexibility index (Phi) is 3.68. The topological polar surface area (TPSA) is 124 Å². The Morgan fingerprint density at radius 2 is 2.26 bits per heavy atom. The summed E-state index contributed by atoms with van der Waals surface area (Å²) in [5.41, 5.74) is 5.55. The van der Waals surface area contributed by atoms with Crippen LogP contribution in [0.15, 0.2) is 18.2 Å². The van der Waals surface area contributed by atoms with E-state index in [1.54, 1.807) is 13.0 Å². The number of benzene rings is 1. The number of carbonyl (C=O) groups is 1. The second-order valence-corrected chi connectivity index (χ2v) is 5.35. The third kappa shape index (κ3) is 2.98. The molecule has 1 fully saturated rings. The highest BCUT2D eigenvalue weighted by molar-refractivity contribution is 5.91. The maximum absolute atomic E-state index is 10.9. The summed E-state index contributed by atoms with van der Waals surface area (Å²) in [6.07, 6.45) is -0.424. The normalized spacial score (nSPS) is 17.4. The highest BCUT2D eigenvalue weighted by atomic mass is 16.6. The molecule has 3 rings (SSSR count). The van der Waals surface area contributed by atoms with Gasteiger partial charge in [-0.15, -0.1) is 0 Å². The van der Waals surface area contributed by atoms with Gasteiger partial charge in [0.25, 0.3) is 5.69 Å². The van der Waals surface area contributed by atoms with Crippen molar-refractivity contribution in [3.63, 3.8) is 0 Å². The molecule has 0 radical (unpaired) electrons. The van der Waals surface area contributed by atoms with E-state index in [1.807, 2.05) is 4.90 Å². The lowest BCUT2D eigenvalue weighted by Gasteiger charge is -2.19. The maximum atomic E-state index is 10.9. The standard InChI is InChI=1S/C14H15N5O4/c1-8-16-12-6-9(19(21)22)2-3-11(12)13(17-8)18-5-4-10(7-18)23-14(15)20/h2-3,6,10H,4-5,7H2,1H3,(H2,15,20). The van der Waals surface area contributed by atoms with Crippen LogP contribution in [0, 0.1) is 17.0 Å². The van der Waals surface area contributed by atoms with Crippen molar-refractivity contribution in [1.29, 1.82) is 0 Å². The van der Waals surface area contributed by atoms with Crippen LogP contribution >= 0.6 is 0 Å². The lowest BCUT2D eigenvalue weighted by Crippen LogP contribution is -2.27. The van der Waals surface area contributed by atoms with Gasteiger partial charge in [0.05, 0.1) is 17.0 Å². The molecule has 1 aromatic carbocycles. The zero-order valence-corrected chi connectivity index (χ0v) is 12.4. The fraction of sp³-hybridized carbons (Fsp3) is 0.357. The van der Waals surface area contributed by atoms with Crippen LogP contribution in [0.2, 0.25) is 0 Å². The number of nitro groups is 1. The summed E-state index contributed by atoms with van der Waals surface area (Å²) in [6, 6.07) is 4.50. The monoisotopic (exact) mass is 317 g/mol. The molecule has 1 aliphatic heterocycles. The van der Waals surface area contributed by atoms with E-state index in [4.69, 9.17) is 10.5 Å². The van der Waals surface area contributed by atoms with E-state index in [2.05, 4.69) is 9.97 Å². The van der Waals surface area contributed by atoms with Crippen molar-refractivity contribution in [2.45, 2.75) is 19.4 Å². The van der Waals surface area contributed by atoms with Gasteiger partial charge in [0.2, 0.25) is 0 Å². The van der Waals surface area contributed by atoms with Crippen LogP contribution in [0.1, 0.15) is 12.2 Å². The first-order valence-electron chi connectivity index (χ1n) is 7.08. The fourth-order valence-electron chi connectivity index (χ4n) is 2.75. The van der Waals surface area contributed by atoms with E-state index >= 15 is 0 Å². The van der Waals surface area contributed by atoms with E-state index in [9.17, 15) is 14.9 Å². The molecule has 0 spiro atoms. The van der Waals surface area contributed by atoms with Gasteiger partial charge < -0.3 is 15.4 Å². The van der Waals surface area contributed by atoms with Crippen LogP contribution < -0.4 is 10.6 Å². The molecule has 120 valence electrons. The number of non-ortho nitro benzene ring substituents is 1. The Labute approximate surface area is 131 Å². The molecule has 1 aliphatic rings. The van der Waals surface area contributed by atoms with Gasteiger partial charge in [-0.1, -0.05) is 0 Å². The quantitative estimate of drug-likeness (QED) is 0.672. The number of nitrogens with zero attached hydrogens (tertiary/aromatic N) is 4. The highest BCUT2D eigenvalue weighted by Gasteiger charge is 2.27. The van der Waals surface area contributed by atoms with Crippen molar-refractivity contribution in [2.75, 3.05) is 18.0 Å². The average Bonchev–Trinajstić information content (AvgIpc) is 2.93. The number of carbonyl (C=O) groups excluding carboxylic acids is 1. The number of nitro benzene ring substituents is 1. The summed E-state index contributed by atoms with van der Waals surface area (Å²) < 4.78 is 5.02. The lowest BCUT2D eigenvalue weighted by atomic mass is 10.2. The molecule has 0 saturated carbocycles. The van der Waals surface area contributed by atoms with Crippen molar-refractivity contribution in [1.82, 2.24) is 9.97 Å². The Balaban J connectivity index is 1.98. The van der Waals surface area contributed by atoms with E-state index in [0.29, 0.717) is 36.7 Å². The third-order valence-corrected chi connectivity index (χ3v) is 3.71. The zero-order chi connectivity index (χ0) is 16.6. The molecule has 2 heterocycles. The van der Waals surface area contributed by atoms with Crippen LogP contribution in [0.5, 0.6) is 0 Å². The van der Waals surface area contributed by atoms with Crippen LogP contribution in [-0.2, 0) is 4.74 Å². The first kappa shape index (κ1) is 14.9. The number of fused-ring (bicyclic) bond motifs is 1. The summed E-state index contributed by atoms with van der Waals surface area (Å²) in [4.78, 5) is 32.0. The molecule has 0 bridgehead atoms. The van der Waals surface area contributed by atoms with Crippen molar-refractivity contribution in [2.24, 2.45) is 5.73 Å². The van der Waals surface area contributed by atoms with Gasteiger partial charge in [-0.05, 0) is 13.0 Å². The molecule has 2 aromatic rings. The summed E-state index contributed by atoms with van der Waals surface area (Å²) in [5, 5.41) is 11.6. The number of rotatable bonds is 3. The molecule has 1 aromatic heterocycles. The van der Waals surface area contributed by atoms with Crippen molar-refractivity contribution in [3.05, 3.63) is 34.1 Å². The molecule has 2 N–H and O–H groups in total. The second kappa shape index (κ2) is 5.67. The smallest absolute Gasteiger partial charge is 0.404 e. The van der Waals surface area contributed by atoms with Gasteiger partial charge in [-0.2, -0.15) is 0 Å². The molecular weight excluding hydrogens is 302 g/mol. The van der Waals surface area contributed by atoms with Crippen LogP contribution in [0.25, 0.3) is 10.9 Å². The van der Waals surface area contributed by atoms with Crippen LogP contribution in [0.3, 0.4) is 0 Å². The Morgan fingerprint density at radius 1 is 1.48 bits per heavy atom. The van der Waals surface area contributed by atoms with Gasteiger partial charge >= 0.3 is 6.09 Å². The third-order valence-electron chi connectivity index (χ3n) is 3.71. The minimum atomic E-state index is -0.795. The number of primary amides is 1. The summed E-state index contributed by atoms with van der Waals surface area (Å²) in [5.74, 6) is 1.20. The minimum Gasteiger partial charge on any atom is -0.444 e. The van der Waals surface area contributed by atoms with E-state index in [1.165, 1.54) is 12.1 Å². The molecule has 9 nitrogen and oxygen atoms in total. The van der Waals surface area contributed by atoms with E-state index in [-0.39, 0.29) is 11.8 Å². The Morgan fingerprint density at radius 3 is 2.96 bits per heavy atom. The first-order chi connectivity index (χ1) is 10.9. The molecule has 1 atom stereocenters. The molecule has 0 aliphatic carbocycles. The predicted octanol–water partition coefficient (Wildman–Crippen LogP) is 1.52. The number of ether oxygens (including phenoxy) is 1. The summed E-state index contributed by atoms with van der Waals surface area (Å²) in [7, 11) is 0. The molecule has 1 unspecified atom stereocenters. The van der Waals surface area contributed by atoms with E-state index in [0.717, 1.165) is 5.39 Å². The number of hydrogen-bond donors (Lipinski definition) is 1. The van der Waals surface area contributed by atoms with Crippen molar-refractivity contribution >= 4 is 28.5 Å². The van der Waals surface area contributed by atoms with Gasteiger partial charge in [-0.25, -0.2) is 14.8 Å². The summed E-state index contributed by atoms with van der Waals surface area (Å²) >= 11 is 0. The highest BCUT2D eigenvalue weighted by Crippen LogP contribution is 2.29. The average molecular weight is 317 g/mol. The van der Waals surface area contributed by atoms with Gasteiger partial charge in [0.15, 0.2) is 0 Å². The molecule has 23 heavy (non-hydrogen) atoms. The molecule has 9 heteroatoms. The van der Waals surface area contributed by atoms with Gasteiger partial charge in [-0.3, -0.25) is 10.1 Å².